The number of nitrogens with zero attached hydrogens (tertiary/aromatic N) is 2. The Hall–Kier alpha value is -0.730. The van der Waals surface area contributed by atoms with E-state index in [1.165, 1.54) is 16.4 Å². The van der Waals surface area contributed by atoms with E-state index in [-0.39, 0.29) is 16.0 Å². The average molecular weight is 377 g/mol. The molecule has 0 spiro atoms. The topological polar surface area (TPSA) is 49.9 Å². The predicted molar refractivity (Wildman–Crippen MR) is 90.2 cm³/mol. The van der Waals surface area contributed by atoms with E-state index in [1.54, 1.807) is 7.11 Å². The number of methoxy groups -OCH3 is 1. The van der Waals surface area contributed by atoms with Crippen LogP contribution >= 0.6 is 11.6 Å². The van der Waals surface area contributed by atoms with E-state index < -0.39 is 15.8 Å². The summed E-state index contributed by atoms with van der Waals surface area (Å²) < 4.78 is 45.5. The molecule has 2 heterocycles. The first-order valence-corrected chi connectivity index (χ1v) is 9.95. The smallest absolute Gasteiger partial charge is 0.243 e. The minimum Gasteiger partial charge on any atom is -0.380 e. The highest BCUT2D eigenvalue weighted by atomic mass is 35.5. The number of ether oxygens (including phenoxy) is 1. The molecule has 2 saturated heterocycles. The van der Waals surface area contributed by atoms with Gasteiger partial charge in [-0.3, -0.25) is 4.90 Å². The minimum atomic E-state index is -3.62. The van der Waals surface area contributed by atoms with Crippen molar-refractivity contribution in [2.45, 2.75) is 36.3 Å². The van der Waals surface area contributed by atoms with Crippen molar-refractivity contribution in [1.29, 1.82) is 0 Å². The van der Waals surface area contributed by atoms with Gasteiger partial charge in [0, 0.05) is 39.3 Å². The van der Waals surface area contributed by atoms with Gasteiger partial charge < -0.3 is 4.74 Å². The summed E-state index contributed by atoms with van der Waals surface area (Å²) in [5, 5.41) is -0.173. The molecule has 1 atom stereocenters. The van der Waals surface area contributed by atoms with Crippen molar-refractivity contribution >= 4 is 21.6 Å². The van der Waals surface area contributed by atoms with Gasteiger partial charge >= 0.3 is 0 Å². The number of piperidine rings is 1. The predicted octanol–water partition coefficient (Wildman–Crippen LogP) is 2.35. The molecule has 24 heavy (non-hydrogen) atoms. The second kappa shape index (κ2) is 7.25. The monoisotopic (exact) mass is 376 g/mol. The molecule has 1 unspecified atom stereocenters. The maximum absolute atomic E-state index is 13.3. The first-order valence-electron chi connectivity index (χ1n) is 8.14. The molecule has 5 nitrogen and oxygen atoms in total. The molecule has 0 amide bonds. The summed E-state index contributed by atoms with van der Waals surface area (Å²) in [5.74, 6) is -0.615. The van der Waals surface area contributed by atoms with Gasteiger partial charge in [0.1, 0.15) is 5.82 Å². The van der Waals surface area contributed by atoms with Crippen molar-refractivity contribution in [1.82, 2.24) is 9.21 Å². The van der Waals surface area contributed by atoms with E-state index in [0.29, 0.717) is 19.1 Å². The van der Waals surface area contributed by atoms with Crippen LogP contribution in [0.2, 0.25) is 5.02 Å². The van der Waals surface area contributed by atoms with Gasteiger partial charge in [-0.1, -0.05) is 11.6 Å². The summed E-state index contributed by atoms with van der Waals surface area (Å²) in [7, 11) is -1.89. The molecular formula is C16H22ClFN2O3S. The SMILES string of the molecule is COC1CCN(C2CCN(S(=O)(=O)c3ccc(F)c(Cl)c3)CC2)C1. The molecule has 0 saturated carbocycles. The molecule has 0 bridgehead atoms. The highest BCUT2D eigenvalue weighted by molar-refractivity contribution is 7.89. The van der Waals surface area contributed by atoms with Crippen molar-refractivity contribution in [3.8, 4) is 0 Å². The Morgan fingerprint density at radius 3 is 2.50 bits per heavy atom. The maximum atomic E-state index is 13.3. The van der Waals surface area contributed by atoms with Crippen LogP contribution in [0.3, 0.4) is 0 Å². The van der Waals surface area contributed by atoms with Gasteiger partial charge in [-0.2, -0.15) is 4.31 Å². The van der Waals surface area contributed by atoms with Gasteiger partial charge in [-0.15, -0.1) is 0 Å². The zero-order valence-electron chi connectivity index (χ0n) is 13.6. The Balaban J connectivity index is 1.64. The van der Waals surface area contributed by atoms with Crippen LogP contribution in [0.4, 0.5) is 4.39 Å². The summed E-state index contributed by atoms with van der Waals surface area (Å²) in [6.07, 6.45) is 2.91. The zero-order valence-corrected chi connectivity index (χ0v) is 15.2. The van der Waals surface area contributed by atoms with Crippen molar-refractivity contribution in [2.75, 3.05) is 33.3 Å². The number of halogens is 2. The number of sulfonamides is 1. The first kappa shape index (κ1) is 18.1. The second-order valence-corrected chi connectivity index (χ2v) is 8.70. The molecule has 2 aliphatic rings. The van der Waals surface area contributed by atoms with Crippen molar-refractivity contribution < 1.29 is 17.5 Å². The lowest BCUT2D eigenvalue weighted by molar-refractivity contribution is 0.0925. The summed E-state index contributed by atoms with van der Waals surface area (Å²) in [6.45, 7) is 2.86. The van der Waals surface area contributed by atoms with Gasteiger partial charge in [-0.25, -0.2) is 12.8 Å². The van der Waals surface area contributed by atoms with Crippen LogP contribution in [0.25, 0.3) is 0 Å². The van der Waals surface area contributed by atoms with Gasteiger partial charge in [0.25, 0.3) is 0 Å². The summed E-state index contributed by atoms with van der Waals surface area (Å²) in [5.41, 5.74) is 0. The minimum absolute atomic E-state index is 0.0490. The van der Waals surface area contributed by atoms with E-state index >= 15 is 0 Å². The van der Waals surface area contributed by atoms with E-state index in [0.717, 1.165) is 38.4 Å². The fraction of sp³-hybridized carbons (Fsp3) is 0.625. The van der Waals surface area contributed by atoms with Crippen molar-refractivity contribution in [3.63, 3.8) is 0 Å². The Bertz CT molecular complexity index is 693. The van der Waals surface area contributed by atoms with E-state index in [4.69, 9.17) is 16.3 Å². The van der Waals surface area contributed by atoms with Crippen LogP contribution in [-0.4, -0.2) is 63.1 Å². The molecule has 0 N–H and O–H groups in total. The van der Waals surface area contributed by atoms with Gasteiger partial charge in [-0.05, 0) is 37.5 Å². The molecule has 1 aromatic carbocycles. The lowest BCUT2D eigenvalue weighted by Crippen LogP contribution is -2.46. The van der Waals surface area contributed by atoms with E-state index in [2.05, 4.69) is 4.90 Å². The Kier molecular flexibility index (Phi) is 5.46. The number of rotatable bonds is 4. The third-order valence-corrected chi connectivity index (χ3v) is 7.16. The lowest BCUT2D eigenvalue weighted by atomic mass is 10.1. The normalized spacial score (nSPS) is 24.5. The molecule has 2 aliphatic heterocycles. The summed E-state index contributed by atoms with van der Waals surface area (Å²) in [6, 6.07) is 3.94. The summed E-state index contributed by atoms with van der Waals surface area (Å²) in [4.78, 5) is 2.44. The third-order valence-electron chi connectivity index (χ3n) is 4.98. The van der Waals surface area contributed by atoms with Crippen LogP contribution in [0, 0.1) is 5.82 Å². The van der Waals surface area contributed by atoms with Crippen molar-refractivity contribution in [3.05, 3.63) is 29.0 Å². The van der Waals surface area contributed by atoms with Crippen LogP contribution in [-0.2, 0) is 14.8 Å². The van der Waals surface area contributed by atoms with Crippen LogP contribution < -0.4 is 0 Å². The van der Waals surface area contributed by atoms with Gasteiger partial charge in [0.2, 0.25) is 10.0 Å². The Morgan fingerprint density at radius 1 is 1.21 bits per heavy atom. The van der Waals surface area contributed by atoms with Crippen LogP contribution in [0.15, 0.2) is 23.1 Å². The standard InChI is InChI=1S/C16H22ClFN2O3S/c1-23-13-6-7-19(11-13)12-4-8-20(9-5-12)24(21,22)14-2-3-16(18)15(17)10-14/h2-3,10,12-13H,4-9,11H2,1H3. The quantitative estimate of drug-likeness (QED) is 0.809. The molecule has 8 heteroatoms. The van der Waals surface area contributed by atoms with Gasteiger partial charge in [0.15, 0.2) is 0 Å². The van der Waals surface area contributed by atoms with Crippen LogP contribution in [0.1, 0.15) is 19.3 Å². The lowest BCUT2D eigenvalue weighted by Gasteiger charge is -2.36. The fourth-order valence-corrected chi connectivity index (χ4v) is 5.25. The molecular weight excluding hydrogens is 355 g/mol. The molecule has 134 valence electrons. The van der Waals surface area contributed by atoms with E-state index in [9.17, 15) is 12.8 Å². The average Bonchev–Trinajstić information content (AvgIpc) is 3.06. The number of hydrogen-bond donors (Lipinski definition) is 0. The molecule has 2 fully saturated rings. The number of likely N-dealkylation sites (tertiary alicyclic amines) is 1. The van der Waals surface area contributed by atoms with E-state index in [1.807, 2.05) is 0 Å². The first-order chi connectivity index (χ1) is 11.4. The molecule has 1 aromatic rings. The molecule has 0 aliphatic carbocycles. The molecule has 0 aromatic heterocycles. The van der Waals surface area contributed by atoms with Gasteiger partial charge in [0.05, 0.1) is 16.0 Å². The fourth-order valence-electron chi connectivity index (χ4n) is 3.51. The highest BCUT2D eigenvalue weighted by Crippen LogP contribution is 2.27. The zero-order chi connectivity index (χ0) is 17.3. The molecule has 3 rings (SSSR count). The van der Waals surface area contributed by atoms with Crippen molar-refractivity contribution in [2.24, 2.45) is 0 Å². The largest absolute Gasteiger partial charge is 0.380 e. The van der Waals surface area contributed by atoms with Crippen LogP contribution in [0.5, 0.6) is 0 Å². The highest BCUT2D eigenvalue weighted by Gasteiger charge is 2.34. The number of benzene rings is 1. The Morgan fingerprint density at radius 2 is 1.92 bits per heavy atom. The molecule has 0 radical (unpaired) electrons. The number of hydrogen-bond acceptors (Lipinski definition) is 4. The second-order valence-electron chi connectivity index (χ2n) is 6.35. The Labute approximate surface area is 147 Å². The third kappa shape index (κ3) is 3.60. The maximum Gasteiger partial charge on any atom is 0.243 e. The summed E-state index contributed by atoms with van der Waals surface area (Å²) >= 11 is 5.72.